The average Bonchev–Trinajstić information content (AvgIpc) is 3.52. The number of carboxylic acids is 1. The van der Waals surface area contributed by atoms with Crippen LogP contribution < -0.4 is 10.6 Å². The molecule has 1 aromatic rings. The minimum absolute atomic E-state index is 0.0568. The van der Waals surface area contributed by atoms with E-state index in [-0.39, 0.29) is 29.8 Å². The smallest absolute Gasteiger partial charge is 0.410 e. The first-order valence-electron chi connectivity index (χ1n) is 10.6. The number of rotatable bonds is 6. The Balaban J connectivity index is 1.75. The van der Waals surface area contributed by atoms with Crippen LogP contribution in [0.5, 0.6) is 0 Å². The molecule has 3 rings (SSSR count). The topological polar surface area (TPSA) is 118 Å². The molecule has 9 heteroatoms. The van der Waals surface area contributed by atoms with Gasteiger partial charge in [0, 0.05) is 31.2 Å². The van der Waals surface area contributed by atoms with E-state index >= 15 is 0 Å². The Hall–Kier alpha value is -2.97. The van der Waals surface area contributed by atoms with E-state index in [4.69, 9.17) is 15.2 Å². The fourth-order valence-electron chi connectivity index (χ4n) is 3.80. The summed E-state index contributed by atoms with van der Waals surface area (Å²) in [6.07, 6.45) is 4.91. The number of nitrogens with zero attached hydrogens (tertiary/aromatic N) is 3. The zero-order valence-corrected chi connectivity index (χ0v) is 18.6. The lowest BCUT2D eigenvalue weighted by Gasteiger charge is -2.40. The second-order valence-electron chi connectivity index (χ2n) is 8.99. The van der Waals surface area contributed by atoms with Gasteiger partial charge >= 0.3 is 12.1 Å². The lowest BCUT2D eigenvalue weighted by molar-refractivity contribution is 0.0113. The van der Waals surface area contributed by atoms with E-state index in [1.165, 1.54) is 19.3 Å². The molecule has 1 amide bonds. The highest BCUT2D eigenvalue weighted by Gasteiger charge is 2.40. The van der Waals surface area contributed by atoms with Crippen molar-refractivity contribution in [2.75, 3.05) is 25.1 Å². The molecule has 170 valence electrons. The number of hydrogen-bond acceptors (Lipinski definition) is 7. The summed E-state index contributed by atoms with van der Waals surface area (Å²) in [5.41, 5.74) is 6.45. The molecule has 1 saturated carbocycles. The van der Waals surface area contributed by atoms with Crippen LogP contribution in [0.4, 0.5) is 10.5 Å². The van der Waals surface area contributed by atoms with Crippen molar-refractivity contribution in [3.63, 3.8) is 0 Å². The highest BCUT2D eigenvalue weighted by molar-refractivity contribution is 5.86. The van der Waals surface area contributed by atoms with Gasteiger partial charge in [0.2, 0.25) is 0 Å². The zero-order chi connectivity index (χ0) is 22.8. The minimum atomic E-state index is -1.10. The summed E-state index contributed by atoms with van der Waals surface area (Å²) in [4.78, 5) is 32.4. The van der Waals surface area contributed by atoms with Crippen LogP contribution in [0, 0.1) is 0 Å². The molecule has 0 unspecified atom stereocenters. The summed E-state index contributed by atoms with van der Waals surface area (Å²) in [6.45, 7) is 7.06. The number of carbonyl (C=O) groups is 2. The summed E-state index contributed by atoms with van der Waals surface area (Å²) in [7, 11) is 1.45. The number of pyridine rings is 1. The third-order valence-corrected chi connectivity index (χ3v) is 5.38. The van der Waals surface area contributed by atoms with Gasteiger partial charge in [0.1, 0.15) is 11.3 Å². The number of methoxy groups -OCH3 is 1. The van der Waals surface area contributed by atoms with E-state index in [1.807, 2.05) is 25.7 Å². The fraction of sp³-hybridized carbons (Fsp3) is 0.591. The van der Waals surface area contributed by atoms with E-state index in [1.54, 1.807) is 6.07 Å². The number of carboxylic acid groups (broad SMARTS) is 1. The van der Waals surface area contributed by atoms with Gasteiger partial charge in [-0.15, -0.1) is 0 Å². The van der Waals surface area contributed by atoms with Gasteiger partial charge in [-0.3, -0.25) is 0 Å². The molecule has 1 saturated heterocycles. The molecule has 2 aliphatic rings. The quantitative estimate of drug-likeness (QED) is 0.659. The van der Waals surface area contributed by atoms with Gasteiger partial charge in [0.05, 0.1) is 18.5 Å². The van der Waals surface area contributed by atoms with Crippen LogP contribution in [-0.4, -0.2) is 64.9 Å². The first-order valence-corrected chi connectivity index (χ1v) is 10.6. The van der Waals surface area contributed by atoms with Crippen LogP contribution in [0.3, 0.4) is 0 Å². The summed E-state index contributed by atoms with van der Waals surface area (Å²) in [6, 6.07) is 3.62. The van der Waals surface area contributed by atoms with E-state index in [0.717, 1.165) is 31.4 Å². The van der Waals surface area contributed by atoms with E-state index in [9.17, 15) is 14.7 Å². The van der Waals surface area contributed by atoms with E-state index in [2.05, 4.69) is 9.88 Å². The largest absolute Gasteiger partial charge is 0.483 e. The van der Waals surface area contributed by atoms with Gasteiger partial charge in [0.25, 0.3) is 0 Å². The predicted octanol–water partition coefficient (Wildman–Crippen LogP) is 3.05. The van der Waals surface area contributed by atoms with Gasteiger partial charge < -0.3 is 30.1 Å². The van der Waals surface area contributed by atoms with Crippen molar-refractivity contribution in [1.29, 1.82) is 0 Å². The molecule has 9 nitrogen and oxygen atoms in total. The lowest BCUT2D eigenvalue weighted by Crippen LogP contribution is -2.50. The highest BCUT2D eigenvalue weighted by Crippen LogP contribution is 2.34. The number of hydrogen-bond donors (Lipinski definition) is 2. The zero-order valence-electron chi connectivity index (χ0n) is 18.6. The number of carbonyl (C=O) groups excluding carboxylic acids is 1. The number of aromatic nitrogens is 1. The first kappa shape index (κ1) is 22.7. The van der Waals surface area contributed by atoms with Gasteiger partial charge in [-0.2, -0.15) is 0 Å². The van der Waals surface area contributed by atoms with E-state index < -0.39 is 11.6 Å². The molecule has 1 aliphatic heterocycles. The summed E-state index contributed by atoms with van der Waals surface area (Å²) in [5, 5.41) is 9.28. The Morgan fingerprint density at radius 3 is 2.32 bits per heavy atom. The SMILES string of the molecule is CO/C(N)=C/c1nc(C(=O)O)ccc1N1CCC(N(C(=O)OC(C)(C)C)C2CC2)CC1. The molecule has 2 fully saturated rings. The Bertz CT molecular complexity index is 852. The molecule has 0 aromatic carbocycles. The third-order valence-electron chi connectivity index (χ3n) is 5.38. The number of aromatic carboxylic acids is 1. The Morgan fingerprint density at radius 1 is 1.19 bits per heavy atom. The minimum Gasteiger partial charge on any atom is -0.483 e. The normalized spacial score (nSPS) is 17.9. The molecule has 0 atom stereocenters. The number of piperidine rings is 1. The molecule has 0 spiro atoms. The fourth-order valence-corrected chi connectivity index (χ4v) is 3.80. The maximum Gasteiger partial charge on any atom is 0.410 e. The van der Waals surface area contributed by atoms with Crippen LogP contribution >= 0.6 is 0 Å². The molecule has 1 aliphatic carbocycles. The van der Waals surface area contributed by atoms with Crippen molar-refractivity contribution in [3.8, 4) is 0 Å². The standard InChI is InChI=1S/C22H32N4O5/c1-22(2,3)31-21(29)26(14-5-6-14)15-9-11-25(12-10-15)18-8-7-16(20(27)28)24-17(18)13-19(23)30-4/h7-8,13-15H,5-6,9-12,23H2,1-4H3,(H,27,28)/b19-13+. The van der Waals surface area contributed by atoms with Crippen LogP contribution in [0.2, 0.25) is 0 Å². The molecule has 0 radical (unpaired) electrons. The molecule has 3 N–H and O–H groups in total. The molecular weight excluding hydrogens is 400 g/mol. The molecule has 0 bridgehead atoms. The summed E-state index contributed by atoms with van der Waals surface area (Å²) in [5.74, 6) is -0.954. The second-order valence-corrected chi connectivity index (χ2v) is 8.99. The van der Waals surface area contributed by atoms with Crippen molar-refractivity contribution in [2.45, 2.75) is 64.1 Å². The van der Waals surface area contributed by atoms with Crippen LogP contribution in [-0.2, 0) is 9.47 Å². The van der Waals surface area contributed by atoms with Crippen LogP contribution in [0.1, 0.15) is 62.6 Å². The van der Waals surface area contributed by atoms with Gasteiger partial charge in [-0.1, -0.05) is 0 Å². The predicted molar refractivity (Wildman–Crippen MR) is 117 cm³/mol. The lowest BCUT2D eigenvalue weighted by atomic mass is 10.0. The number of nitrogens with two attached hydrogens (primary N) is 1. The molecule has 31 heavy (non-hydrogen) atoms. The Labute approximate surface area is 182 Å². The third kappa shape index (κ3) is 5.80. The maximum atomic E-state index is 12.8. The number of amides is 1. The second kappa shape index (κ2) is 9.03. The molecule has 2 heterocycles. The van der Waals surface area contributed by atoms with Gasteiger partial charge in [-0.25, -0.2) is 14.6 Å². The first-order chi connectivity index (χ1) is 14.6. The summed E-state index contributed by atoms with van der Waals surface area (Å²) < 4.78 is 10.7. The Kier molecular flexibility index (Phi) is 6.62. The van der Waals surface area contributed by atoms with Crippen LogP contribution in [0.15, 0.2) is 18.0 Å². The van der Waals surface area contributed by atoms with Crippen molar-refractivity contribution in [1.82, 2.24) is 9.88 Å². The van der Waals surface area contributed by atoms with Gasteiger partial charge in [0.15, 0.2) is 5.88 Å². The number of anilines is 1. The van der Waals surface area contributed by atoms with Crippen molar-refractivity contribution >= 4 is 23.8 Å². The maximum absolute atomic E-state index is 12.8. The Morgan fingerprint density at radius 2 is 1.81 bits per heavy atom. The monoisotopic (exact) mass is 432 g/mol. The van der Waals surface area contributed by atoms with Crippen molar-refractivity contribution < 1.29 is 24.2 Å². The molecular formula is C22H32N4O5. The average molecular weight is 433 g/mol. The van der Waals surface area contributed by atoms with Crippen LogP contribution in [0.25, 0.3) is 6.08 Å². The number of ether oxygens (including phenoxy) is 2. The van der Waals surface area contributed by atoms with Crippen molar-refractivity contribution in [3.05, 3.63) is 29.4 Å². The van der Waals surface area contributed by atoms with E-state index in [0.29, 0.717) is 18.8 Å². The molecule has 1 aromatic heterocycles. The summed E-state index contributed by atoms with van der Waals surface area (Å²) >= 11 is 0. The van der Waals surface area contributed by atoms with Gasteiger partial charge in [-0.05, 0) is 58.6 Å². The van der Waals surface area contributed by atoms with Crippen molar-refractivity contribution in [2.24, 2.45) is 5.73 Å². The highest BCUT2D eigenvalue weighted by atomic mass is 16.6.